The van der Waals surface area contributed by atoms with Gasteiger partial charge in [0.25, 0.3) is 11.8 Å². The van der Waals surface area contributed by atoms with Crippen LogP contribution in [0.25, 0.3) is 10.9 Å². The zero-order valence-corrected chi connectivity index (χ0v) is 14.4. The molecule has 3 N–H and O–H groups in total. The standard InChI is InChI=1S/C17H16BrN3O3/c18-15-7-6-14(24-15)17(23)20-9-3-8-19-16(22)13-10-11-4-1-2-5-12(11)21-13/h1-2,4-7,10,21H,3,8-9H2,(H,19,22)(H,20,23). The predicted molar refractivity (Wildman–Crippen MR) is 94.0 cm³/mol. The first-order chi connectivity index (χ1) is 11.6. The normalized spacial score (nSPS) is 10.7. The number of aromatic amines is 1. The molecule has 0 atom stereocenters. The van der Waals surface area contributed by atoms with Crippen LogP contribution in [0.1, 0.15) is 27.5 Å². The van der Waals surface area contributed by atoms with Gasteiger partial charge in [0.05, 0.1) is 0 Å². The van der Waals surface area contributed by atoms with E-state index in [1.807, 2.05) is 30.3 Å². The second-order valence-corrected chi connectivity index (χ2v) is 6.02. The van der Waals surface area contributed by atoms with Crippen molar-refractivity contribution in [3.05, 3.63) is 58.6 Å². The van der Waals surface area contributed by atoms with E-state index in [4.69, 9.17) is 4.42 Å². The highest BCUT2D eigenvalue weighted by molar-refractivity contribution is 9.10. The molecule has 0 unspecified atom stereocenters. The minimum atomic E-state index is -0.275. The van der Waals surface area contributed by atoms with Gasteiger partial charge in [0.1, 0.15) is 5.69 Å². The Bertz CT molecular complexity index is 836. The van der Waals surface area contributed by atoms with Gasteiger partial charge in [-0.15, -0.1) is 0 Å². The van der Waals surface area contributed by atoms with Gasteiger partial charge in [-0.3, -0.25) is 9.59 Å². The predicted octanol–water partition coefficient (Wildman–Crippen LogP) is 3.07. The molecule has 124 valence electrons. The lowest BCUT2D eigenvalue weighted by Crippen LogP contribution is -2.29. The molecule has 2 amide bonds. The molecule has 3 aromatic rings. The smallest absolute Gasteiger partial charge is 0.287 e. The highest BCUT2D eigenvalue weighted by Crippen LogP contribution is 2.14. The third kappa shape index (κ3) is 3.86. The number of halogens is 1. The minimum Gasteiger partial charge on any atom is -0.444 e. The largest absolute Gasteiger partial charge is 0.444 e. The number of rotatable bonds is 6. The third-order valence-corrected chi connectivity index (χ3v) is 3.92. The van der Waals surface area contributed by atoms with Crippen LogP contribution in [0, 0.1) is 0 Å². The summed E-state index contributed by atoms with van der Waals surface area (Å²) in [6.07, 6.45) is 0.625. The Morgan fingerprint density at radius 2 is 1.79 bits per heavy atom. The van der Waals surface area contributed by atoms with Gasteiger partial charge in [0, 0.05) is 24.0 Å². The molecule has 0 bridgehead atoms. The Morgan fingerprint density at radius 3 is 2.50 bits per heavy atom. The van der Waals surface area contributed by atoms with Crippen molar-refractivity contribution in [2.45, 2.75) is 6.42 Å². The van der Waals surface area contributed by atoms with E-state index in [-0.39, 0.29) is 17.6 Å². The van der Waals surface area contributed by atoms with Crippen molar-refractivity contribution in [3.8, 4) is 0 Å². The number of hydrogen-bond acceptors (Lipinski definition) is 3. The van der Waals surface area contributed by atoms with Crippen molar-refractivity contribution in [2.24, 2.45) is 0 Å². The van der Waals surface area contributed by atoms with Crippen LogP contribution in [0.3, 0.4) is 0 Å². The molecule has 0 radical (unpaired) electrons. The van der Waals surface area contributed by atoms with E-state index in [0.29, 0.717) is 29.9 Å². The lowest BCUT2D eigenvalue weighted by Gasteiger charge is -2.05. The zero-order chi connectivity index (χ0) is 16.9. The van der Waals surface area contributed by atoms with E-state index in [2.05, 4.69) is 31.5 Å². The van der Waals surface area contributed by atoms with Gasteiger partial charge >= 0.3 is 0 Å². The van der Waals surface area contributed by atoms with Gasteiger partial charge in [-0.05, 0) is 46.6 Å². The number of fused-ring (bicyclic) bond motifs is 1. The number of hydrogen-bond donors (Lipinski definition) is 3. The van der Waals surface area contributed by atoms with Gasteiger partial charge in [0.15, 0.2) is 10.4 Å². The summed E-state index contributed by atoms with van der Waals surface area (Å²) in [5, 5.41) is 6.56. The van der Waals surface area contributed by atoms with E-state index in [0.717, 1.165) is 10.9 Å². The summed E-state index contributed by atoms with van der Waals surface area (Å²) in [6.45, 7) is 0.917. The summed E-state index contributed by atoms with van der Waals surface area (Å²) in [5.74, 6) is -0.181. The second kappa shape index (κ2) is 7.35. The summed E-state index contributed by atoms with van der Waals surface area (Å²) in [6, 6.07) is 12.8. The topological polar surface area (TPSA) is 87.1 Å². The molecule has 6 nitrogen and oxygen atoms in total. The maximum absolute atomic E-state index is 12.1. The molecule has 2 aromatic heterocycles. The molecule has 0 saturated carbocycles. The molecule has 0 aliphatic carbocycles. The number of carbonyl (C=O) groups is 2. The second-order valence-electron chi connectivity index (χ2n) is 5.24. The molecular formula is C17H16BrN3O3. The number of H-pyrrole nitrogens is 1. The Kier molecular flexibility index (Phi) is 5.00. The molecule has 0 aliphatic heterocycles. The van der Waals surface area contributed by atoms with Crippen LogP contribution in [0.2, 0.25) is 0 Å². The van der Waals surface area contributed by atoms with E-state index in [9.17, 15) is 9.59 Å². The molecule has 2 heterocycles. The van der Waals surface area contributed by atoms with E-state index in [1.165, 1.54) is 0 Å². The number of carbonyl (C=O) groups excluding carboxylic acids is 2. The van der Waals surface area contributed by atoms with E-state index >= 15 is 0 Å². The monoisotopic (exact) mass is 389 g/mol. The maximum atomic E-state index is 12.1. The van der Waals surface area contributed by atoms with Crippen molar-refractivity contribution < 1.29 is 14.0 Å². The summed E-state index contributed by atoms with van der Waals surface area (Å²) in [4.78, 5) is 26.9. The molecule has 0 fully saturated rings. The van der Waals surface area contributed by atoms with Crippen LogP contribution in [0.15, 0.2) is 51.6 Å². The zero-order valence-electron chi connectivity index (χ0n) is 12.8. The first kappa shape index (κ1) is 16.3. The summed E-state index contributed by atoms with van der Waals surface area (Å²) < 4.78 is 5.67. The van der Waals surface area contributed by atoms with Crippen LogP contribution in [0.5, 0.6) is 0 Å². The Balaban J connectivity index is 1.41. The van der Waals surface area contributed by atoms with E-state index in [1.54, 1.807) is 12.1 Å². The number of benzene rings is 1. The molecule has 1 aromatic carbocycles. The third-order valence-electron chi connectivity index (χ3n) is 3.50. The fourth-order valence-corrected chi connectivity index (χ4v) is 2.61. The first-order valence-electron chi connectivity index (χ1n) is 7.53. The molecule has 3 rings (SSSR count). The quantitative estimate of drug-likeness (QED) is 0.566. The number of amides is 2. The number of aromatic nitrogens is 1. The Morgan fingerprint density at radius 1 is 1.04 bits per heavy atom. The van der Waals surface area contributed by atoms with Crippen LogP contribution >= 0.6 is 15.9 Å². The van der Waals surface area contributed by atoms with Gasteiger partial charge in [-0.2, -0.15) is 0 Å². The van der Waals surface area contributed by atoms with E-state index < -0.39 is 0 Å². The summed E-state index contributed by atoms with van der Waals surface area (Å²) >= 11 is 3.15. The molecule has 24 heavy (non-hydrogen) atoms. The fourth-order valence-electron chi connectivity index (χ4n) is 2.31. The van der Waals surface area contributed by atoms with Crippen molar-refractivity contribution in [3.63, 3.8) is 0 Å². The molecule has 7 heteroatoms. The highest BCUT2D eigenvalue weighted by Gasteiger charge is 2.10. The summed E-state index contributed by atoms with van der Waals surface area (Å²) in [7, 11) is 0. The van der Waals surface area contributed by atoms with Gasteiger partial charge < -0.3 is 20.0 Å². The number of para-hydroxylation sites is 1. The van der Waals surface area contributed by atoms with Gasteiger partial charge in [-0.25, -0.2) is 0 Å². The maximum Gasteiger partial charge on any atom is 0.287 e. The minimum absolute atomic E-state index is 0.160. The molecule has 0 aliphatic rings. The Hall–Kier alpha value is -2.54. The summed E-state index contributed by atoms with van der Waals surface area (Å²) in [5.41, 5.74) is 1.46. The van der Waals surface area contributed by atoms with Gasteiger partial charge in [0.2, 0.25) is 0 Å². The average molecular weight is 390 g/mol. The lowest BCUT2D eigenvalue weighted by atomic mass is 10.2. The van der Waals surface area contributed by atoms with Gasteiger partial charge in [-0.1, -0.05) is 18.2 Å². The van der Waals surface area contributed by atoms with Crippen LogP contribution in [-0.4, -0.2) is 29.9 Å². The van der Waals surface area contributed by atoms with Crippen LogP contribution < -0.4 is 10.6 Å². The van der Waals surface area contributed by atoms with Crippen LogP contribution in [0.4, 0.5) is 0 Å². The van der Waals surface area contributed by atoms with Crippen LogP contribution in [-0.2, 0) is 0 Å². The molecule has 0 spiro atoms. The lowest BCUT2D eigenvalue weighted by molar-refractivity contribution is 0.0924. The van der Waals surface area contributed by atoms with Crippen molar-refractivity contribution in [1.29, 1.82) is 0 Å². The van der Waals surface area contributed by atoms with Crippen molar-refractivity contribution in [1.82, 2.24) is 15.6 Å². The molecular weight excluding hydrogens is 374 g/mol. The SMILES string of the molecule is O=C(NCCCNC(=O)c1ccc(Br)o1)c1cc2ccccc2[nH]1. The first-order valence-corrected chi connectivity index (χ1v) is 8.32. The number of furan rings is 1. The average Bonchev–Trinajstić information content (AvgIpc) is 3.20. The van der Waals surface area contributed by atoms with Crippen molar-refractivity contribution in [2.75, 3.05) is 13.1 Å². The Labute approximate surface area is 146 Å². The fraction of sp³-hybridized carbons (Fsp3) is 0.176. The molecule has 0 saturated heterocycles. The van der Waals surface area contributed by atoms with Crippen molar-refractivity contribution >= 4 is 38.6 Å². The number of nitrogens with one attached hydrogen (secondary N) is 3. The highest BCUT2D eigenvalue weighted by atomic mass is 79.9.